The first-order valence-electron chi connectivity index (χ1n) is 14.5. The first-order chi connectivity index (χ1) is 20.9. The topological polar surface area (TPSA) is 189 Å². The van der Waals surface area contributed by atoms with E-state index in [0.717, 1.165) is 5.56 Å². The van der Waals surface area contributed by atoms with Crippen LogP contribution in [0, 0.1) is 0 Å². The van der Waals surface area contributed by atoms with Gasteiger partial charge in [-0.15, -0.1) is 24.8 Å². The van der Waals surface area contributed by atoms with Gasteiger partial charge in [0, 0.05) is 59.8 Å². The van der Waals surface area contributed by atoms with Crippen molar-refractivity contribution in [3.63, 3.8) is 0 Å². The van der Waals surface area contributed by atoms with E-state index in [9.17, 15) is 34.8 Å². The average molecular weight is 692 g/mol. The van der Waals surface area contributed by atoms with Gasteiger partial charge in [-0.1, -0.05) is 43.8 Å². The molecule has 1 aliphatic heterocycles. The average Bonchev–Trinajstić information content (AvgIpc) is 2.99. The number of Topliss-reactive ketones (excluding diaryl/α,β-unsaturated/α-hetero) is 1. The number of anilines is 1. The number of ketones is 3. The lowest BCUT2D eigenvalue weighted by atomic mass is 9.72. The number of carbonyl (C=O) groups excluding carboxylic acids is 3. The van der Waals surface area contributed by atoms with Crippen molar-refractivity contribution in [1.29, 1.82) is 0 Å². The molecule has 1 saturated heterocycles. The number of ether oxygens (including phenoxy) is 2. The molecular weight excluding hydrogens is 651 g/mol. The lowest BCUT2D eigenvalue weighted by Crippen LogP contribution is -2.54. The van der Waals surface area contributed by atoms with Crippen LogP contribution in [-0.2, 0) is 27.2 Å². The Kier molecular flexibility index (Phi) is 11.5. The molecule has 0 aromatic heterocycles. The summed E-state index contributed by atoms with van der Waals surface area (Å²) in [5.74, 6) is -3.05. The van der Waals surface area contributed by atoms with Crippen molar-refractivity contribution in [1.82, 2.24) is 5.32 Å². The Hall–Kier alpha value is -3.55. The molecule has 0 spiro atoms. The highest BCUT2D eigenvalue weighted by Gasteiger charge is 2.49. The van der Waals surface area contributed by atoms with Crippen molar-refractivity contribution >= 4 is 47.9 Å². The van der Waals surface area contributed by atoms with E-state index in [4.69, 9.17) is 15.2 Å². The molecule has 0 amide bonds. The molecule has 4 unspecified atom stereocenters. The van der Waals surface area contributed by atoms with Gasteiger partial charge >= 0.3 is 0 Å². The summed E-state index contributed by atoms with van der Waals surface area (Å²) < 4.78 is 12.3. The van der Waals surface area contributed by atoms with Gasteiger partial charge in [0.1, 0.15) is 17.1 Å². The number of aliphatic hydroxyl groups excluding tert-OH is 1. The third-order valence-corrected chi connectivity index (χ3v) is 9.00. The number of nitrogens with two attached hydrogens (primary N) is 1. The van der Waals surface area contributed by atoms with Gasteiger partial charge in [-0.25, -0.2) is 0 Å². The Bertz CT molecular complexity index is 1680. The third kappa shape index (κ3) is 6.62. The monoisotopic (exact) mass is 690 g/mol. The summed E-state index contributed by atoms with van der Waals surface area (Å²) in [6.45, 7) is 3.31. The number of nitrogens with one attached hydrogen (secondary N) is 1. The number of nitrogen functional groups attached to an aromatic ring is 1. The highest BCUT2D eigenvalue weighted by molar-refractivity contribution is 6.30. The number of aliphatic hydroxyl groups is 2. The molecule has 6 rings (SSSR count). The maximum atomic E-state index is 13.5. The first-order valence-corrected chi connectivity index (χ1v) is 14.5. The third-order valence-electron chi connectivity index (χ3n) is 9.00. The van der Waals surface area contributed by atoms with Gasteiger partial charge in [-0.3, -0.25) is 14.4 Å². The zero-order valence-electron chi connectivity index (χ0n) is 25.1. The molecule has 11 nitrogen and oxygen atoms in total. The van der Waals surface area contributed by atoms with Crippen LogP contribution in [-0.4, -0.2) is 67.9 Å². The van der Waals surface area contributed by atoms with Crippen LogP contribution in [0.2, 0.25) is 0 Å². The zero-order chi connectivity index (χ0) is 31.5. The molecule has 0 saturated carbocycles. The molecule has 3 aromatic carbocycles. The second-order valence-electron chi connectivity index (χ2n) is 11.9. The molecule has 13 heteroatoms. The Labute approximate surface area is 284 Å². The number of phenolic OH excluding ortho intramolecular Hbond substituents is 2. The molecule has 3 aromatic rings. The number of carbonyl (C=O) groups is 3. The van der Waals surface area contributed by atoms with E-state index in [-0.39, 0.29) is 78.5 Å². The van der Waals surface area contributed by atoms with Gasteiger partial charge in [0.2, 0.25) is 0 Å². The van der Waals surface area contributed by atoms with E-state index in [1.807, 2.05) is 12.1 Å². The minimum absolute atomic E-state index is 0. The summed E-state index contributed by atoms with van der Waals surface area (Å²) >= 11 is 0. The predicted molar refractivity (Wildman–Crippen MR) is 179 cm³/mol. The van der Waals surface area contributed by atoms with Crippen molar-refractivity contribution in [3.8, 4) is 11.5 Å². The predicted octanol–water partition coefficient (Wildman–Crippen LogP) is 3.91. The standard InChI is InChI=1S/C33H34N2O9.CH4.2ClH/c1-15-28(37)22(35-14-17-7-9-18(34)10-8-17)11-24(43-15)44-23-13-33(42,16(2)36)12-21-25(23)32(41)27-26(31(21)40)29(38)19-5-3-4-6-20(19)30(27)39;;;/h3-10,15,22-24,28,35,37,40-42H,11-14,34H2,1-2H3;1H4;2*1H/t15?,22?,23-,24?,28?,33-;;;/m0.../s1. The van der Waals surface area contributed by atoms with Crippen molar-refractivity contribution in [3.05, 3.63) is 87.5 Å². The summed E-state index contributed by atoms with van der Waals surface area (Å²) in [6, 6.07) is 12.9. The van der Waals surface area contributed by atoms with Crippen LogP contribution in [0.5, 0.6) is 11.5 Å². The van der Waals surface area contributed by atoms with Gasteiger partial charge in [-0.2, -0.15) is 0 Å². The quantitative estimate of drug-likeness (QED) is 0.127. The zero-order valence-corrected chi connectivity index (χ0v) is 26.7. The lowest BCUT2D eigenvalue weighted by molar-refractivity contribution is -0.249. The molecule has 7 N–H and O–H groups in total. The van der Waals surface area contributed by atoms with E-state index >= 15 is 0 Å². The molecule has 6 atom stereocenters. The second kappa shape index (κ2) is 14.3. The van der Waals surface area contributed by atoms with Crippen LogP contribution in [0.1, 0.15) is 88.8 Å². The van der Waals surface area contributed by atoms with Crippen molar-refractivity contribution < 1.29 is 44.3 Å². The van der Waals surface area contributed by atoms with Crippen LogP contribution in [0.3, 0.4) is 0 Å². The summed E-state index contributed by atoms with van der Waals surface area (Å²) in [6.07, 6.45) is -4.29. The number of aromatic hydroxyl groups is 2. The van der Waals surface area contributed by atoms with Crippen LogP contribution in [0.25, 0.3) is 0 Å². The van der Waals surface area contributed by atoms with E-state index in [0.29, 0.717) is 12.2 Å². The number of rotatable bonds is 6. The van der Waals surface area contributed by atoms with E-state index in [1.54, 1.807) is 31.2 Å². The van der Waals surface area contributed by atoms with Crippen LogP contribution < -0.4 is 11.1 Å². The number of fused-ring (bicyclic) bond motifs is 3. The molecular formula is C34H40Cl2N2O9. The minimum Gasteiger partial charge on any atom is -0.507 e. The molecule has 47 heavy (non-hydrogen) atoms. The molecule has 1 fully saturated rings. The number of benzene rings is 3. The fraction of sp³-hybridized carbons (Fsp3) is 0.382. The highest BCUT2D eigenvalue weighted by atomic mass is 35.5. The molecule has 254 valence electrons. The van der Waals surface area contributed by atoms with E-state index in [1.165, 1.54) is 19.1 Å². The Morgan fingerprint density at radius 1 is 1.02 bits per heavy atom. The van der Waals surface area contributed by atoms with Crippen molar-refractivity contribution in [2.24, 2.45) is 0 Å². The Balaban J connectivity index is 0.00000200. The SMILES string of the molecule is C.CC(=O)[C@]1(O)Cc2c(O)c3c(c(O)c2[C@@H](OC2CC(NCc4ccc(N)cc4)C(O)C(C)O2)C1)C(=O)c1ccccc1C3=O.Cl.Cl. The number of hydrogen-bond donors (Lipinski definition) is 6. The smallest absolute Gasteiger partial charge is 0.198 e. The van der Waals surface area contributed by atoms with E-state index in [2.05, 4.69) is 5.32 Å². The van der Waals surface area contributed by atoms with Gasteiger partial charge in [-0.05, 0) is 31.5 Å². The van der Waals surface area contributed by atoms with Crippen molar-refractivity contribution in [2.45, 2.75) is 83.3 Å². The summed E-state index contributed by atoms with van der Waals surface area (Å²) in [7, 11) is 0. The maximum Gasteiger partial charge on any atom is 0.198 e. The van der Waals surface area contributed by atoms with Crippen LogP contribution in [0.4, 0.5) is 5.69 Å². The lowest BCUT2D eigenvalue weighted by Gasteiger charge is -2.43. The number of halogens is 2. The van der Waals surface area contributed by atoms with Crippen molar-refractivity contribution in [2.75, 3.05) is 5.73 Å². The molecule has 2 aliphatic carbocycles. The summed E-state index contributed by atoms with van der Waals surface area (Å²) in [4.78, 5) is 39.7. The molecule has 1 heterocycles. The maximum absolute atomic E-state index is 13.5. The number of hydrogen-bond acceptors (Lipinski definition) is 11. The van der Waals surface area contributed by atoms with Crippen LogP contribution >= 0.6 is 24.8 Å². The fourth-order valence-corrected chi connectivity index (χ4v) is 6.48. The second-order valence-corrected chi connectivity index (χ2v) is 11.9. The highest BCUT2D eigenvalue weighted by Crippen LogP contribution is 2.52. The number of phenols is 2. The van der Waals surface area contributed by atoms with Gasteiger partial charge in [0.05, 0.1) is 29.4 Å². The normalized spacial score (nSPS) is 26.0. The summed E-state index contributed by atoms with van der Waals surface area (Å²) in [5.41, 5.74) is 4.72. The fourth-order valence-electron chi connectivity index (χ4n) is 6.48. The minimum atomic E-state index is -2.00. The molecule has 0 bridgehead atoms. The molecule has 0 radical (unpaired) electrons. The Morgan fingerprint density at radius 2 is 1.60 bits per heavy atom. The van der Waals surface area contributed by atoms with Gasteiger partial charge in [0.25, 0.3) is 0 Å². The first kappa shape index (κ1) is 37.9. The van der Waals surface area contributed by atoms with E-state index < -0.39 is 71.5 Å². The largest absolute Gasteiger partial charge is 0.507 e. The summed E-state index contributed by atoms with van der Waals surface area (Å²) in [5, 5.41) is 48.6. The Morgan fingerprint density at radius 3 is 2.17 bits per heavy atom. The van der Waals surface area contributed by atoms with Gasteiger partial charge in [0.15, 0.2) is 23.6 Å². The van der Waals surface area contributed by atoms with Crippen LogP contribution in [0.15, 0.2) is 48.5 Å². The molecule has 3 aliphatic rings. The van der Waals surface area contributed by atoms with Gasteiger partial charge < -0.3 is 41.0 Å².